The highest BCUT2D eigenvalue weighted by molar-refractivity contribution is 7.89. The van der Waals surface area contributed by atoms with Crippen LogP contribution in [0.5, 0.6) is 11.5 Å². The standard InChI is InChI=1S/C24H23ClN2O5S/c1-31-21-7-9-23(10-8-21)33(29,30)27-12-11-17-5-6-20(13-18(17)15-27)26-24(28)16-32-22-4-2-3-19(25)14-22/h2-10,13-14H,11-12,15-16H2,1H3,(H,26,28). The van der Waals surface area contributed by atoms with E-state index in [1.54, 1.807) is 48.5 Å². The zero-order chi connectivity index (χ0) is 23.4. The van der Waals surface area contributed by atoms with Gasteiger partial charge in [-0.05, 0) is 72.1 Å². The molecule has 33 heavy (non-hydrogen) atoms. The number of anilines is 1. The second kappa shape index (κ2) is 9.82. The fraction of sp³-hybridized carbons (Fsp3) is 0.208. The highest BCUT2D eigenvalue weighted by atomic mass is 35.5. The highest BCUT2D eigenvalue weighted by Gasteiger charge is 2.28. The molecule has 1 aliphatic heterocycles. The maximum atomic E-state index is 13.1. The summed E-state index contributed by atoms with van der Waals surface area (Å²) in [7, 11) is -2.12. The van der Waals surface area contributed by atoms with E-state index in [-0.39, 0.29) is 24.0 Å². The van der Waals surface area contributed by atoms with Crippen molar-refractivity contribution in [2.75, 3.05) is 25.6 Å². The SMILES string of the molecule is COc1ccc(S(=O)(=O)N2CCc3ccc(NC(=O)COc4cccc(Cl)c4)cc3C2)cc1. The predicted molar refractivity (Wildman–Crippen MR) is 126 cm³/mol. The van der Waals surface area contributed by atoms with Crippen molar-refractivity contribution in [1.82, 2.24) is 4.31 Å². The third kappa shape index (κ3) is 5.47. The van der Waals surface area contributed by atoms with Crippen LogP contribution in [-0.2, 0) is 27.8 Å². The summed E-state index contributed by atoms with van der Waals surface area (Å²) in [4.78, 5) is 12.5. The van der Waals surface area contributed by atoms with Crippen LogP contribution in [0.15, 0.2) is 71.6 Å². The molecule has 0 fully saturated rings. The normalized spacial score (nSPS) is 13.8. The Bertz CT molecular complexity index is 1260. The maximum absolute atomic E-state index is 13.1. The van der Waals surface area contributed by atoms with Crippen molar-refractivity contribution in [2.45, 2.75) is 17.9 Å². The van der Waals surface area contributed by atoms with Crippen LogP contribution in [-0.4, -0.2) is 38.9 Å². The first-order valence-electron chi connectivity index (χ1n) is 10.3. The summed E-state index contributed by atoms with van der Waals surface area (Å²) in [6, 6.07) is 18.7. The fourth-order valence-electron chi connectivity index (χ4n) is 3.61. The molecule has 0 unspecified atom stereocenters. The second-order valence-corrected chi connectivity index (χ2v) is 9.92. The number of halogens is 1. The quantitative estimate of drug-likeness (QED) is 0.543. The van der Waals surface area contributed by atoms with Crippen molar-refractivity contribution in [3.8, 4) is 11.5 Å². The lowest BCUT2D eigenvalue weighted by atomic mass is 10.0. The Balaban J connectivity index is 1.43. The van der Waals surface area contributed by atoms with Gasteiger partial charge in [0, 0.05) is 23.8 Å². The van der Waals surface area contributed by atoms with E-state index in [9.17, 15) is 13.2 Å². The number of ether oxygens (including phenoxy) is 2. The van der Waals surface area contributed by atoms with Gasteiger partial charge in [-0.15, -0.1) is 0 Å². The molecule has 172 valence electrons. The highest BCUT2D eigenvalue weighted by Crippen LogP contribution is 2.28. The summed E-state index contributed by atoms with van der Waals surface area (Å²) in [5.74, 6) is 0.772. The van der Waals surface area contributed by atoms with Gasteiger partial charge in [-0.1, -0.05) is 23.7 Å². The number of methoxy groups -OCH3 is 1. The molecule has 0 saturated carbocycles. The number of nitrogens with zero attached hydrogens (tertiary/aromatic N) is 1. The van der Waals surface area contributed by atoms with Gasteiger partial charge in [0.15, 0.2) is 6.61 Å². The first-order chi connectivity index (χ1) is 15.8. The number of rotatable bonds is 7. The van der Waals surface area contributed by atoms with Gasteiger partial charge in [0.1, 0.15) is 11.5 Å². The molecule has 0 bridgehead atoms. The molecule has 1 heterocycles. The van der Waals surface area contributed by atoms with E-state index in [1.807, 2.05) is 18.2 Å². The minimum absolute atomic E-state index is 0.171. The molecule has 0 aromatic heterocycles. The largest absolute Gasteiger partial charge is 0.497 e. The molecule has 1 N–H and O–H groups in total. The third-order valence-corrected chi connectivity index (χ3v) is 7.42. The number of carbonyl (C=O) groups is 1. The first-order valence-corrected chi connectivity index (χ1v) is 12.1. The summed E-state index contributed by atoms with van der Waals surface area (Å²) in [5.41, 5.74) is 2.49. The van der Waals surface area contributed by atoms with Gasteiger partial charge in [-0.25, -0.2) is 8.42 Å². The Kier molecular flexibility index (Phi) is 6.88. The molecule has 4 rings (SSSR count). The summed E-state index contributed by atoms with van der Waals surface area (Å²) in [6.07, 6.45) is 0.594. The molecular formula is C24H23ClN2O5S. The molecule has 0 spiro atoms. The lowest BCUT2D eigenvalue weighted by Gasteiger charge is -2.28. The Hall–Kier alpha value is -3.07. The van der Waals surface area contributed by atoms with Crippen LogP contribution in [0.2, 0.25) is 5.02 Å². The number of fused-ring (bicyclic) bond motifs is 1. The Morgan fingerprint density at radius 3 is 2.55 bits per heavy atom. The zero-order valence-corrected chi connectivity index (χ0v) is 19.5. The summed E-state index contributed by atoms with van der Waals surface area (Å²) in [6.45, 7) is 0.447. The monoisotopic (exact) mass is 486 g/mol. The van der Waals surface area contributed by atoms with Gasteiger partial charge in [0.25, 0.3) is 5.91 Å². The average Bonchev–Trinajstić information content (AvgIpc) is 2.82. The molecule has 3 aromatic carbocycles. The van der Waals surface area contributed by atoms with E-state index >= 15 is 0 Å². The average molecular weight is 487 g/mol. The summed E-state index contributed by atoms with van der Waals surface area (Å²) < 4.78 is 38.2. The van der Waals surface area contributed by atoms with E-state index in [0.717, 1.165) is 11.1 Å². The molecule has 7 nitrogen and oxygen atoms in total. The van der Waals surface area contributed by atoms with Gasteiger partial charge in [0.2, 0.25) is 10.0 Å². The van der Waals surface area contributed by atoms with E-state index in [4.69, 9.17) is 21.1 Å². The van der Waals surface area contributed by atoms with Crippen LogP contribution in [0.3, 0.4) is 0 Å². The number of benzene rings is 3. The van der Waals surface area contributed by atoms with Crippen LogP contribution >= 0.6 is 11.6 Å². The van der Waals surface area contributed by atoms with Crippen molar-refractivity contribution in [2.24, 2.45) is 0 Å². The number of amides is 1. The smallest absolute Gasteiger partial charge is 0.262 e. The van der Waals surface area contributed by atoms with Gasteiger partial charge < -0.3 is 14.8 Å². The molecule has 0 atom stereocenters. The van der Waals surface area contributed by atoms with Gasteiger partial charge >= 0.3 is 0 Å². The van der Waals surface area contributed by atoms with Gasteiger partial charge in [-0.2, -0.15) is 4.31 Å². The predicted octanol–water partition coefficient (Wildman–Crippen LogP) is 4.11. The number of hydrogen-bond donors (Lipinski definition) is 1. The number of hydrogen-bond acceptors (Lipinski definition) is 5. The van der Waals surface area contributed by atoms with Crippen molar-refractivity contribution < 1.29 is 22.7 Å². The minimum Gasteiger partial charge on any atom is -0.497 e. The van der Waals surface area contributed by atoms with Crippen LogP contribution in [0.1, 0.15) is 11.1 Å². The zero-order valence-electron chi connectivity index (χ0n) is 18.0. The van der Waals surface area contributed by atoms with E-state index in [0.29, 0.717) is 35.2 Å². The van der Waals surface area contributed by atoms with Crippen LogP contribution in [0, 0.1) is 0 Å². The van der Waals surface area contributed by atoms with Crippen LogP contribution in [0.4, 0.5) is 5.69 Å². The molecule has 1 aliphatic rings. The summed E-state index contributed by atoms with van der Waals surface area (Å²) in [5, 5.41) is 3.32. The Morgan fingerprint density at radius 2 is 1.82 bits per heavy atom. The van der Waals surface area contributed by atoms with E-state index in [1.165, 1.54) is 11.4 Å². The Morgan fingerprint density at radius 1 is 1.03 bits per heavy atom. The molecule has 1 amide bonds. The van der Waals surface area contributed by atoms with Gasteiger partial charge in [-0.3, -0.25) is 4.79 Å². The van der Waals surface area contributed by atoms with E-state index in [2.05, 4.69) is 5.32 Å². The van der Waals surface area contributed by atoms with Crippen LogP contribution < -0.4 is 14.8 Å². The minimum atomic E-state index is -3.65. The van der Waals surface area contributed by atoms with E-state index < -0.39 is 10.0 Å². The Labute approximate surface area is 197 Å². The van der Waals surface area contributed by atoms with Crippen molar-refractivity contribution in [1.29, 1.82) is 0 Å². The lowest BCUT2D eigenvalue weighted by Crippen LogP contribution is -2.36. The molecule has 9 heteroatoms. The molecular weight excluding hydrogens is 464 g/mol. The molecule has 3 aromatic rings. The maximum Gasteiger partial charge on any atom is 0.262 e. The molecule has 0 saturated heterocycles. The molecule has 0 radical (unpaired) electrons. The number of carbonyl (C=O) groups excluding carboxylic acids is 1. The number of nitrogens with one attached hydrogen (secondary N) is 1. The second-order valence-electron chi connectivity index (χ2n) is 7.54. The lowest BCUT2D eigenvalue weighted by molar-refractivity contribution is -0.118. The summed E-state index contributed by atoms with van der Waals surface area (Å²) >= 11 is 5.92. The van der Waals surface area contributed by atoms with Crippen molar-refractivity contribution >= 4 is 33.2 Å². The van der Waals surface area contributed by atoms with Gasteiger partial charge in [0.05, 0.1) is 12.0 Å². The topological polar surface area (TPSA) is 84.9 Å². The van der Waals surface area contributed by atoms with Crippen LogP contribution in [0.25, 0.3) is 0 Å². The van der Waals surface area contributed by atoms with Crippen molar-refractivity contribution in [3.05, 3.63) is 82.9 Å². The third-order valence-electron chi connectivity index (χ3n) is 5.33. The van der Waals surface area contributed by atoms with Crippen molar-refractivity contribution in [3.63, 3.8) is 0 Å². The number of sulfonamides is 1. The fourth-order valence-corrected chi connectivity index (χ4v) is 5.21. The molecule has 0 aliphatic carbocycles. The first kappa shape index (κ1) is 23.1.